The minimum atomic E-state index is -0.0729. The maximum atomic E-state index is 5.33. The molecule has 0 unspecified atom stereocenters. The van der Waals surface area contributed by atoms with Crippen LogP contribution in [-0.2, 0) is 5.41 Å². The van der Waals surface area contributed by atoms with E-state index in [0.717, 1.165) is 39.2 Å². The number of para-hydroxylation sites is 2. The van der Waals surface area contributed by atoms with Crippen LogP contribution in [-0.4, -0.2) is 14.5 Å². The molecule has 0 saturated carbocycles. The molecule has 3 nitrogen and oxygen atoms in total. The Morgan fingerprint density at radius 2 is 1.24 bits per heavy atom. The second-order valence-corrected chi connectivity index (χ2v) is 15.2. The predicted octanol–water partition coefficient (Wildman–Crippen LogP) is 12.7. The van der Waals surface area contributed by atoms with Crippen molar-refractivity contribution in [2.24, 2.45) is 0 Å². The van der Waals surface area contributed by atoms with Crippen molar-refractivity contribution in [3.05, 3.63) is 163 Å². The zero-order valence-electron chi connectivity index (χ0n) is 28.2. The first kappa shape index (κ1) is 28.7. The third-order valence-corrected chi connectivity index (χ3v) is 12.2. The highest BCUT2D eigenvalue weighted by Gasteiger charge is 2.37. The van der Waals surface area contributed by atoms with E-state index in [2.05, 4.69) is 170 Å². The first-order valence-corrected chi connectivity index (χ1v) is 18.3. The van der Waals surface area contributed by atoms with Gasteiger partial charge < -0.3 is 4.57 Å². The van der Waals surface area contributed by atoms with E-state index in [9.17, 15) is 0 Å². The van der Waals surface area contributed by atoms with Crippen molar-refractivity contribution in [2.45, 2.75) is 19.3 Å². The van der Waals surface area contributed by atoms with Crippen molar-refractivity contribution < 1.29 is 0 Å². The number of aromatic nitrogens is 3. The highest BCUT2D eigenvalue weighted by molar-refractivity contribution is 7.26. The minimum Gasteiger partial charge on any atom is -0.309 e. The maximum Gasteiger partial charge on any atom is 0.160 e. The lowest BCUT2D eigenvalue weighted by Gasteiger charge is -2.21. The molecule has 1 aliphatic carbocycles. The molecule has 11 rings (SSSR count). The fourth-order valence-electron chi connectivity index (χ4n) is 8.61. The molecule has 0 spiro atoms. The van der Waals surface area contributed by atoms with E-state index < -0.39 is 0 Å². The standard InChI is InChI=1S/C47H31N3S/c1-47(2)37-18-7-3-14-34(37)42-38(47)27-26-32-30-12-5-9-20-40(30)50(44(32)42)29-24-22-28(23-25-29)46-48-39-19-8-4-15-35(39)43(49-46)36-17-11-16-33-31-13-6-10-21-41(31)51-45(33)36/h3-27H,1-2H3. The normalized spacial score (nSPS) is 13.5. The molecule has 3 aromatic heterocycles. The Morgan fingerprint density at radius 1 is 0.529 bits per heavy atom. The molecular weight excluding hydrogens is 639 g/mol. The largest absolute Gasteiger partial charge is 0.309 e. The second-order valence-electron chi connectivity index (χ2n) is 14.1. The van der Waals surface area contributed by atoms with Gasteiger partial charge in [0, 0.05) is 64.1 Å². The summed E-state index contributed by atoms with van der Waals surface area (Å²) in [7, 11) is 0. The molecule has 0 atom stereocenters. The molecular formula is C47H31N3S. The predicted molar refractivity (Wildman–Crippen MR) is 215 cm³/mol. The highest BCUT2D eigenvalue weighted by Crippen LogP contribution is 2.53. The van der Waals surface area contributed by atoms with Crippen LogP contribution in [0.3, 0.4) is 0 Å². The summed E-state index contributed by atoms with van der Waals surface area (Å²) in [6.45, 7) is 4.70. The molecule has 4 heteroatoms. The summed E-state index contributed by atoms with van der Waals surface area (Å²) in [6, 6.07) is 54.9. The second kappa shape index (κ2) is 10.5. The van der Waals surface area contributed by atoms with Crippen molar-refractivity contribution in [1.29, 1.82) is 0 Å². The topological polar surface area (TPSA) is 30.7 Å². The molecule has 3 heterocycles. The summed E-state index contributed by atoms with van der Waals surface area (Å²) in [6.07, 6.45) is 0. The summed E-state index contributed by atoms with van der Waals surface area (Å²) < 4.78 is 5.00. The molecule has 0 bridgehead atoms. The van der Waals surface area contributed by atoms with Gasteiger partial charge in [0.1, 0.15) is 0 Å². The average molecular weight is 670 g/mol. The summed E-state index contributed by atoms with van der Waals surface area (Å²) in [5, 5.41) is 6.16. The van der Waals surface area contributed by atoms with Crippen molar-refractivity contribution >= 4 is 64.2 Å². The molecule has 240 valence electrons. The van der Waals surface area contributed by atoms with Gasteiger partial charge in [0.15, 0.2) is 5.82 Å². The van der Waals surface area contributed by atoms with Crippen LogP contribution in [0.5, 0.6) is 0 Å². The van der Waals surface area contributed by atoms with Gasteiger partial charge in [0.05, 0.1) is 22.2 Å². The van der Waals surface area contributed by atoms with Crippen LogP contribution >= 0.6 is 11.3 Å². The van der Waals surface area contributed by atoms with E-state index in [-0.39, 0.29) is 5.41 Å². The monoisotopic (exact) mass is 669 g/mol. The van der Waals surface area contributed by atoms with Crippen LogP contribution in [0.2, 0.25) is 0 Å². The first-order chi connectivity index (χ1) is 25.1. The van der Waals surface area contributed by atoms with Crippen LogP contribution in [0.1, 0.15) is 25.0 Å². The Hall–Kier alpha value is -6.10. The van der Waals surface area contributed by atoms with E-state index in [0.29, 0.717) is 0 Å². The lowest BCUT2D eigenvalue weighted by molar-refractivity contribution is 0.661. The molecule has 0 saturated heterocycles. The smallest absolute Gasteiger partial charge is 0.160 e. The molecule has 0 fully saturated rings. The van der Waals surface area contributed by atoms with Gasteiger partial charge in [-0.2, -0.15) is 0 Å². The number of hydrogen-bond donors (Lipinski definition) is 0. The van der Waals surface area contributed by atoms with E-state index in [1.165, 1.54) is 64.2 Å². The summed E-state index contributed by atoms with van der Waals surface area (Å²) in [4.78, 5) is 10.5. The summed E-state index contributed by atoms with van der Waals surface area (Å²) in [5.74, 6) is 0.729. The lowest BCUT2D eigenvalue weighted by Crippen LogP contribution is -2.14. The van der Waals surface area contributed by atoms with Crippen molar-refractivity contribution in [2.75, 3.05) is 0 Å². The van der Waals surface area contributed by atoms with Gasteiger partial charge >= 0.3 is 0 Å². The van der Waals surface area contributed by atoms with Crippen LogP contribution in [0.25, 0.3) is 92.3 Å². The Balaban J connectivity index is 1.11. The van der Waals surface area contributed by atoms with Gasteiger partial charge in [-0.05, 0) is 59.2 Å². The number of fused-ring (bicyclic) bond motifs is 11. The fraction of sp³-hybridized carbons (Fsp3) is 0.0638. The van der Waals surface area contributed by atoms with E-state index in [1.54, 1.807) is 0 Å². The Kier molecular flexibility index (Phi) is 5.89. The Bertz CT molecular complexity index is 3050. The van der Waals surface area contributed by atoms with Gasteiger partial charge in [-0.25, -0.2) is 9.97 Å². The zero-order valence-corrected chi connectivity index (χ0v) is 29.0. The number of rotatable bonds is 3. The third kappa shape index (κ3) is 3.99. The number of thiophene rings is 1. The summed E-state index contributed by atoms with van der Waals surface area (Å²) >= 11 is 1.84. The van der Waals surface area contributed by atoms with Gasteiger partial charge in [-0.3, -0.25) is 0 Å². The molecule has 7 aromatic carbocycles. The Labute approximate surface area is 299 Å². The maximum absolute atomic E-state index is 5.33. The molecule has 51 heavy (non-hydrogen) atoms. The number of nitrogens with zero attached hydrogens (tertiary/aromatic N) is 3. The molecule has 1 aliphatic rings. The van der Waals surface area contributed by atoms with Crippen LogP contribution in [0.4, 0.5) is 0 Å². The molecule has 0 N–H and O–H groups in total. The van der Waals surface area contributed by atoms with Gasteiger partial charge in [0.25, 0.3) is 0 Å². The van der Waals surface area contributed by atoms with Gasteiger partial charge in [-0.1, -0.05) is 123 Å². The summed E-state index contributed by atoms with van der Waals surface area (Å²) in [5.41, 5.74) is 13.0. The lowest BCUT2D eigenvalue weighted by atomic mass is 9.82. The minimum absolute atomic E-state index is 0.0729. The fourth-order valence-corrected chi connectivity index (χ4v) is 9.83. The van der Waals surface area contributed by atoms with E-state index in [1.807, 2.05) is 11.3 Å². The van der Waals surface area contributed by atoms with Gasteiger partial charge in [-0.15, -0.1) is 11.3 Å². The van der Waals surface area contributed by atoms with Crippen LogP contribution in [0.15, 0.2) is 152 Å². The molecule has 10 aromatic rings. The SMILES string of the molecule is CC1(C)c2ccccc2-c2c1ccc1c3ccccc3n(-c3ccc(-c4nc(-c5cccc6c5sc5ccccc56)c5ccccc5n4)cc3)c21. The van der Waals surface area contributed by atoms with Crippen LogP contribution in [0, 0.1) is 0 Å². The Morgan fingerprint density at radius 3 is 2.12 bits per heavy atom. The quantitative estimate of drug-likeness (QED) is 0.187. The average Bonchev–Trinajstić information content (AvgIpc) is 3.80. The highest BCUT2D eigenvalue weighted by atomic mass is 32.1. The number of benzene rings is 7. The first-order valence-electron chi connectivity index (χ1n) is 17.5. The van der Waals surface area contributed by atoms with E-state index in [4.69, 9.17) is 9.97 Å². The van der Waals surface area contributed by atoms with Crippen molar-refractivity contribution in [3.8, 4) is 39.5 Å². The van der Waals surface area contributed by atoms with E-state index >= 15 is 0 Å². The van der Waals surface area contributed by atoms with Crippen molar-refractivity contribution in [3.63, 3.8) is 0 Å². The molecule has 0 aliphatic heterocycles. The third-order valence-electron chi connectivity index (χ3n) is 11.0. The van der Waals surface area contributed by atoms with Gasteiger partial charge in [0.2, 0.25) is 0 Å². The molecule has 0 amide bonds. The molecule has 0 radical (unpaired) electrons. The van der Waals surface area contributed by atoms with Crippen LogP contribution < -0.4 is 0 Å². The zero-order chi connectivity index (χ0) is 33.8. The number of hydrogen-bond acceptors (Lipinski definition) is 3. The van der Waals surface area contributed by atoms with Crippen molar-refractivity contribution in [1.82, 2.24) is 14.5 Å².